The average Bonchev–Trinajstić information content (AvgIpc) is 3.58. The Morgan fingerprint density at radius 3 is 2.76 bits per heavy atom. The molecule has 0 spiro atoms. The summed E-state index contributed by atoms with van der Waals surface area (Å²) in [5, 5.41) is 0. The smallest absolute Gasteiger partial charge is 0.259 e. The molecule has 0 saturated heterocycles. The first kappa shape index (κ1) is 18.4. The number of carbonyl (C=O) groups is 1. The lowest BCUT2D eigenvalue weighted by Gasteiger charge is -2.30. The van der Waals surface area contributed by atoms with Crippen LogP contribution in [0.2, 0.25) is 0 Å². The molecule has 29 heavy (non-hydrogen) atoms. The molecule has 1 fully saturated rings. The fraction of sp³-hybridized carbons (Fsp3) is 0.478. The molecule has 1 saturated carbocycles. The van der Waals surface area contributed by atoms with Crippen LogP contribution in [-0.4, -0.2) is 41.7 Å². The molecule has 2 aromatic rings. The molecule has 0 unspecified atom stereocenters. The summed E-state index contributed by atoms with van der Waals surface area (Å²) in [6.45, 7) is 3.30. The summed E-state index contributed by atoms with van der Waals surface area (Å²) in [5.41, 5.74) is 3.69. The second-order valence-electron chi connectivity index (χ2n) is 8.18. The molecule has 1 aromatic carbocycles. The monoisotopic (exact) mass is 394 g/mol. The second-order valence-corrected chi connectivity index (χ2v) is 8.18. The predicted molar refractivity (Wildman–Crippen MR) is 108 cm³/mol. The van der Waals surface area contributed by atoms with Gasteiger partial charge >= 0.3 is 0 Å². The number of carbonyl (C=O) groups excluding carboxylic acids is 1. The lowest BCUT2D eigenvalue weighted by atomic mass is 9.98. The van der Waals surface area contributed by atoms with Crippen molar-refractivity contribution in [1.82, 2.24) is 9.47 Å². The Kier molecular flexibility index (Phi) is 4.87. The van der Waals surface area contributed by atoms with Crippen LogP contribution in [0.25, 0.3) is 0 Å². The van der Waals surface area contributed by atoms with Gasteiger partial charge in [-0.3, -0.25) is 9.59 Å². The van der Waals surface area contributed by atoms with Crippen LogP contribution in [0.1, 0.15) is 40.0 Å². The third-order valence-electron chi connectivity index (χ3n) is 6.13. The molecular weight excluding hydrogens is 368 g/mol. The number of benzene rings is 1. The highest BCUT2D eigenvalue weighted by Crippen LogP contribution is 2.32. The van der Waals surface area contributed by atoms with E-state index in [1.807, 2.05) is 17.0 Å². The zero-order valence-electron chi connectivity index (χ0n) is 16.6. The number of nitrogens with zero attached hydrogens (tertiary/aromatic N) is 2. The maximum absolute atomic E-state index is 13.7. The van der Waals surface area contributed by atoms with E-state index in [9.17, 15) is 9.59 Å². The average molecular weight is 394 g/mol. The molecule has 0 radical (unpaired) electrons. The Balaban J connectivity index is 1.53. The number of hydrogen-bond donors (Lipinski definition) is 0. The van der Waals surface area contributed by atoms with Crippen molar-refractivity contribution in [2.45, 2.75) is 38.8 Å². The van der Waals surface area contributed by atoms with Crippen molar-refractivity contribution in [1.29, 1.82) is 0 Å². The second kappa shape index (κ2) is 7.67. The van der Waals surface area contributed by atoms with Crippen LogP contribution >= 0.6 is 0 Å². The van der Waals surface area contributed by atoms with E-state index in [-0.39, 0.29) is 11.5 Å². The molecule has 0 atom stereocenters. The van der Waals surface area contributed by atoms with E-state index in [2.05, 4.69) is 12.1 Å². The van der Waals surface area contributed by atoms with Crippen LogP contribution in [-0.2, 0) is 30.7 Å². The Morgan fingerprint density at radius 1 is 1.10 bits per heavy atom. The zero-order chi connectivity index (χ0) is 19.8. The Bertz CT molecular complexity index is 993. The normalized spacial score (nSPS) is 18.6. The molecule has 1 amide bonds. The van der Waals surface area contributed by atoms with Crippen LogP contribution in [0, 0.1) is 5.92 Å². The number of hydrogen-bond acceptors (Lipinski definition) is 4. The molecule has 3 heterocycles. The van der Waals surface area contributed by atoms with E-state index in [0.717, 1.165) is 25.0 Å². The van der Waals surface area contributed by atoms with Crippen LogP contribution in [0.5, 0.6) is 5.75 Å². The summed E-state index contributed by atoms with van der Waals surface area (Å²) in [6, 6.07) is 9.78. The van der Waals surface area contributed by atoms with Crippen molar-refractivity contribution < 1.29 is 14.3 Å². The Morgan fingerprint density at radius 2 is 1.93 bits per heavy atom. The number of aromatic nitrogens is 1. The largest absolute Gasteiger partial charge is 0.492 e. The van der Waals surface area contributed by atoms with Gasteiger partial charge in [-0.25, -0.2) is 0 Å². The van der Waals surface area contributed by atoms with E-state index >= 15 is 0 Å². The molecule has 5 rings (SSSR count). The molecule has 6 heteroatoms. The van der Waals surface area contributed by atoms with Crippen LogP contribution in [0.3, 0.4) is 0 Å². The first-order valence-electron chi connectivity index (χ1n) is 10.5. The highest BCUT2D eigenvalue weighted by Gasteiger charge is 2.30. The third-order valence-corrected chi connectivity index (χ3v) is 6.13. The molecule has 1 aromatic heterocycles. The Hall–Kier alpha value is -2.60. The summed E-state index contributed by atoms with van der Waals surface area (Å²) < 4.78 is 13.3. The summed E-state index contributed by atoms with van der Waals surface area (Å²) in [7, 11) is 0. The highest BCUT2D eigenvalue weighted by molar-refractivity contribution is 5.98. The number of pyridine rings is 1. The number of ether oxygens (including phenoxy) is 2. The number of amides is 1. The van der Waals surface area contributed by atoms with Gasteiger partial charge in [0.2, 0.25) is 0 Å². The maximum atomic E-state index is 13.7. The van der Waals surface area contributed by atoms with Crippen molar-refractivity contribution in [3.8, 4) is 5.75 Å². The van der Waals surface area contributed by atoms with Gasteiger partial charge in [0, 0.05) is 37.8 Å². The van der Waals surface area contributed by atoms with Crippen molar-refractivity contribution in [2.75, 3.05) is 26.4 Å². The SMILES string of the molecule is O=C(c1c(OCC2CC2)cc(=O)n2c1CCOCC2)N1CCc2ccccc2C1. The third kappa shape index (κ3) is 3.69. The van der Waals surface area contributed by atoms with Crippen LogP contribution in [0.4, 0.5) is 0 Å². The van der Waals surface area contributed by atoms with E-state index in [1.165, 1.54) is 17.2 Å². The van der Waals surface area contributed by atoms with E-state index < -0.39 is 0 Å². The van der Waals surface area contributed by atoms with Gasteiger partial charge in [0.1, 0.15) is 11.3 Å². The first-order valence-corrected chi connectivity index (χ1v) is 10.5. The quantitative estimate of drug-likeness (QED) is 0.799. The van der Waals surface area contributed by atoms with Gasteiger partial charge in [-0.05, 0) is 36.3 Å². The molecule has 0 N–H and O–H groups in total. The summed E-state index contributed by atoms with van der Waals surface area (Å²) >= 11 is 0. The van der Waals surface area contributed by atoms with Gasteiger partial charge in [0.15, 0.2) is 0 Å². The topological polar surface area (TPSA) is 60.8 Å². The molecule has 1 aliphatic carbocycles. The minimum absolute atomic E-state index is 0.0454. The summed E-state index contributed by atoms with van der Waals surface area (Å²) in [5.74, 6) is 0.944. The predicted octanol–water partition coefficient (Wildman–Crippen LogP) is 2.41. The molecule has 0 bridgehead atoms. The number of rotatable bonds is 4. The lowest BCUT2D eigenvalue weighted by molar-refractivity contribution is 0.0727. The first-order chi connectivity index (χ1) is 14.2. The summed E-state index contributed by atoms with van der Waals surface area (Å²) in [6.07, 6.45) is 3.70. The van der Waals surface area contributed by atoms with Crippen LogP contribution in [0.15, 0.2) is 35.1 Å². The van der Waals surface area contributed by atoms with Gasteiger partial charge in [0.05, 0.1) is 19.8 Å². The van der Waals surface area contributed by atoms with Gasteiger partial charge in [-0.15, -0.1) is 0 Å². The maximum Gasteiger partial charge on any atom is 0.259 e. The molecule has 6 nitrogen and oxygen atoms in total. The lowest BCUT2D eigenvalue weighted by Crippen LogP contribution is -2.38. The van der Waals surface area contributed by atoms with Crippen molar-refractivity contribution >= 4 is 5.91 Å². The minimum atomic E-state index is -0.114. The molecular formula is C23H26N2O4. The number of fused-ring (bicyclic) bond motifs is 2. The van der Waals surface area contributed by atoms with E-state index in [1.54, 1.807) is 4.57 Å². The zero-order valence-corrected chi connectivity index (χ0v) is 16.6. The standard InChI is InChI=1S/C23H26N2O4/c26-21-13-20(29-15-16-5-6-16)22(19-8-11-28-12-10-25(19)21)23(27)24-9-7-17-3-1-2-4-18(17)14-24/h1-4,13,16H,5-12,14-15H2. The van der Waals surface area contributed by atoms with Crippen molar-refractivity contribution in [2.24, 2.45) is 5.92 Å². The van der Waals surface area contributed by atoms with Crippen molar-refractivity contribution in [3.63, 3.8) is 0 Å². The fourth-order valence-corrected chi connectivity index (χ4v) is 4.27. The fourth-order valence-electron chi connectivity index (χ4n) is 4.27. The van der Waals surface area contributed by atoms with Gasteiger partial charge in [0.25, 0.3) is 11.5 Å². The molecule has 3 aliphatic rings. The highest BCUT2D eigenvalue weighted by atomic mass is 16.5. The van der Waals surface area contributed by atoms with Gasteiger partial charge in [-0.2, -0.15) is 0 Å². The minimum Gasteiger partial charge on any atom is -0.492 e. The molecule has 152 valence electrons. The van der Waals surface area contributed by atoms with Gasteiger partial charge < -0.3 is 18.9 Å². The van der Waals surface area contributed by atoms with E-state index in [4.69, 9.17) is 9.47 Å². The molecule has 2 aliphatic heterocycles. The summed E-state index contributed by atoms with van der Waals surface area (Å²) in [4.78, 5) is 28.3. The van der Waals surface area contributed by atoms with Crippen molar-refractivity contribution in [3.05, 3.63) is 63.1 Å². The van der Waals surface area contributed by atoms with Crippen LogP contribution < -0.4 is 10.3 Å². The van der Waals surface area contributed by atoms with Gasteiger partial charge in [-0.1, -0.05) is 24.3 Å². The Labute approximate surface area is 170 Å². The van der Waals surface area contributed by atoms with E-state index in [0.29, 0.717) is 63.1 Å².